The molecule has 1 aliphatic carbocycles. The Balaban J connectivity index is 2.17. The lowest BCUT2D eigenvalue weighted by Crippen LogP contribution is -2.32. The molecule has 0 bridgehead atoms. The Hall–Kier alpha value is -0.120. The maximum absolute atomic E-state index is 8.77. The molecule has 0 aromatic rings. The monoisotopic (exact) mass is 173 g/mol. The van der Waals surface area contributed by atoms with Gasteiger partial charge >= 0.3 is 0 Å². The molecule has 1 atom stereocenters. The van der Waals surface area contributed by atoms with Gasteiger partial charge in [0.15, 0.2) is 0 Å². The van der Waals surface area contributed by atoms with E-state index in [2.05, 4.69) is 0 Å². The van der Waals surface area contributed by atoms with Crippen molar-refractivity contribution < 1.29 is 9.84 Å². The van der Waals surface area contributed by atoms with Crippen molar-refractivity contribution in [2.24, 2.45) is 5.73 Å². The van der Waals surface area contributed by atoms with Crippen LogP contribution in [0.5, 0.6) is 0 Å². The molecule has 0 aliphatic heterocycles. The maximum atomic E-state index is 8.77. The number of ether oxygens (including phenoxy) is 1. The predicted octanol–water partition coefficient (Wildman–Crippen LogP) is 0.654. The summed E-state index contributed by atoms with van der Waals surface area (Å²) in [6.45, 7) is 2.01. The number of hydrogen-bond acceptors (Lipinski definition) is 3. The molecule has 1 rings (SSSR count). The van der Waals surface area contributed by atoms with Gasteiger partial charge in [-0.2, -0.15) is 0 Å². The van der Waals surface area contributed by atoms with Crippen LogP contribution in [0.3, 0.4) is 0 Å². The first-order valence-electron chi connectivity index (χ1n) is 4.74. The normalized spacial score (nSPS) is 33.2. The topological polar surface area (TPSA) is 55.5 Å². The highest BCUT2D eigenvalue weighted by Gasteiger charge is 2.20. The Kier molecular flexibility index (Phi) is 3.98. The van der Waals surface area contributed by atoms with Crippen molar-refractivity contribution in [3.63, 3.8) is 0 Å². The molecule has 3 heteroatoms. The lowest BCUT2D eigenvalue weighted by molar-refractivity contribution is -0.0454. The summed E-state index contributed by atoms with van der Waals surface area (Å²) in [6, 6.07) is 0.370. The van der Waals surface area contributed by atoms with Crippen LogP contribution in [0.4, 0.5) is 0 Å². The van der Waals surface area contributed by atoms with E-state index < -0.39 is 0 Å². The average Bonchev–Trinajstić information content (AvgIpc) is 2.09. The van der Waals surface area contributed by atoms with Gasteiger partial charge in [0, 0.05) is 6.04 Å². The van der Waals surface area contributed by atoms with Crippen LogP contribution >= 0.6 is 0 Å². The van der Waals surface area contributed by atoms with Gasteiger partial charge in [0.05, 0.1) is 18.8 Å². The van der Waals surface area contributed by atoms with Crippen molar-refractivity contribution in [3.8, 4) is 0 Å². The molecule has 3 nitrogen and oxygen atoms in total. The summed E-state index contributed by atoms with van der Waals surface area (Å²) in [6.07, 6.45) is 4.51. The zero-order chi connectivity index (χ0) is 8.97. The summed E-state index contributed by atoms with van der Waals surface area (Å²) in [5, 5.41) is 8.77. The third-order valence-electron chi connectivity index (χ3n) is 2.40. The number of hydrogen-bond donors (Lipinski definition) is 2. The standard InChI is InChI=1S/C9H19NO2/c1-7(6-11)12-9-4-2-8(10)3-5-9/h7-9,11H,2-6,10H2,1H3/t7?,8-,9-. The van der Waals surface area contributed by atoms with Crippen molar-refractivity contribution in [2.45, 2.75) is 50.9 Å². The molecular weight excluding hydrogens is 154 g/mol. The highest BCUT2D eigenvalue weighted by atomic mass is 16.5. The van der Waals surface area contributed by atoms with Crippen LogP contribution in [0.15, 0.2) is 0 Å². The molecule has 72 valence electrons. The highest BCUT2D eigenvalue weighted by molar-refractivity contribution is 4.75. The minimum Gasteiger partial charge on any atom is -0.394 e. The molecule has 0 radical (unpaired) electrons. The Morgan fingerprint density at radius 1 is 1.42 bits per heavy atom. The Morgan fingerprint density at radius 2 is 2.00 bits per heavy atom. The van der Waals surface area contributed by atoms with Gasteiger partial charge in [0.25, 0.3) is 0 Å². The average molecular weight is 173 g/mol. The van der Waals surface area contributed by atoms with Gasteiger partial charge in [0.2, 0.25) is 0 Å². The van der Waals surface area contributed by atoms with Gasteiger partial charge in [-0.05, 0) is 32.6 Å². The quantitative estimate of drug-likeness (QED) is 0.659. The smallest absolute Gasteiger partial charge is 0.0781 e. The molecule has 0 aromatic heterocycles. The molecule has 3 N–H and O–H groups in total. The fourth-order valence-corrected chi connectivity index (χ4v) is 1.60. The van der Waals surface area contributed by atoms with Crippen molar-refractivity contribution in [1.82, 2.24) is 0 Å². The first-order chi connectivity index (χ1) is 5.72. The van der Waals surface area contributed by atoms with E-state index in [1.54, 1.807) is 0 Å². The molecule has 0 spiro atoms. The molecule has 1 fully saturated rings. The van der Waals surface area contributed by atoms with Gasteiger partial charge in [-0.3, -0.25) is 0 Å². The molecule has 0 saturated heterocycles. The molecule has 12 heavy (non-hydrogen) atoms. The molecule has 1 aliphatic rings. The largest absolute Gasteiger partial charge is 0.394 e. The summed E-state index contributed by atoms with van der Waals surface area (Å²) < 4.78 is 5.58. The Labute approximate surface area is 73.9 Å². The minimum absolute atomic E-state index is 0.0238. The van der Waals surface area contributed by atoms with Gasteiger partial charge < -0.3 is 15.6 Å². The van der Waals surface area contributed by atoms with Gasteiger partial charge in [-0.15, -0.1) is 0 Å². The van der Waals surface area contributed by atoms with E-state index in [1.807, 2.05) is 6.92 Å². The summed E-state index contributed by atoms with van der Waals surface area (Å²) in [7, 11) is 0. The van der Waals surface area contributed by atoms with E-state index in [9.17, 15) is 0 Å². The van der Waals surface area contributed by atoms with E-state index in [0.29, 0.717) is 12.1 Å². The van der Waals surface area contributed by atoms with Crippen LogP contribution in [0.2, 0.25) is 0 Å². The number of aliphatic hydroxyl groups excluding tert-OH is 1. The van der Waals surface area contributed by atoms with E-state index in [-0.39, 0.29) is 12.7 Å². The van der Waals surface area contributed by atoms with Gasteiger partial charge in [0.1, 0.15) is 0 Å². The van der Waals surface area contributed by atoms with Crippen LogP contribution in [-0.4, -0.2) is 30.0 Å². The predicted molar refractivity (Wildman–Crippen MR) is 47.9 cm³/mol. The van der Waals surface area contributed by atoms with E-state index in [0.717, 1.165) is 25.7 Å². The van der Waals surface area contributed by atoms with Crippen molar-refractivity contribution in [2.75, 3.05) is 6.61 Å². The van der Waals surface area contributed by atoms with E-state index in [1.165, 1.54) is 0 Å². The van der Waals surface area contributed by atoms with Crippen LogP contribution in [-0.2, 0) is 4.74 Å². The summed E-state index contributed by atoms with van der Waals surface area (Å²) >= 11 is 0. The summed E-state index contributed by atoms with van der Waals surface area (Å²) in [5.74, 6) is 0. The molecular formula is C9H19NO2. The van der Waals surface area contributed by atoms with Crippen molar-refractivity contribution in [3.05, 3.63) is 0 Å². The third-order valence-corrected chi connectivity index (χ3v) is 2.40. The molecule has 1 unspecified atom stereocenters. The number of nitrogens with two attached hydrogens (primary N) is 1. The van der Waals surface area contributed by atoms with Crippen LogP contribution in [0, 0.1) is 0 Å². The fraction of sp³-hybridized carbons (Fsp3) is 1.00. The van der Waals surface area contributed by atoms with Crippen molar-refractivity contribution in [1.29, 1.82) is 0 Å². The summed E-state index contributed by atoms with van der Waals surface area (Å²) in [5.41, 5.74) is 5.76. The SMILES string of the molecule is CC(CO)O[C@H]1CC[C@H](N)CC1. The molecule has 0 amide bonds. The van der Waals surface area contributed by atoms with E-state index >= 15 is 0 Å². The lowest BCUT2D eigenvalue weighted by atomic mass is 9.93. The molecule has 0 heterocycles. The Morgan fingerprint density at radius 3 is 2.50 bits per heavy atom. The zero-order valence-electron chi connectivity index (χ0n) is 7.70. The van der Waals surface area contributed by atoms with E-state index in [4.69, 9.17) is 15.6 Å². The van der Waals surface area contributed by atoms with Crippen LogP contribution in [0.25, 0.3) is 0 Å². The lowest BCUT2D eigenvalue weighted by Gasteiger charge is -2.28. The fourth-order valence-electron chi connectivity index (χ4n) is 1.60. The second-order valence-electron chi connectivity index (χ2n) is 3.67. The highest BCUT2D eigenvalue weighted by Crippen LogP contribution is 2.20. The first-order valence-corrected chi connectivity index (χ1v) is 4.74. The van der Waals surface area contributed by atoms with Crippen LogP contribution < -0.4 is 5.73 Å². The van der Waals surface area contributed by atoms with Gasteiger partial charge in [-0.25, -0.2) is 0 Å². The molecule has 0 aromatic carbocycles. The minimum atomic E-state index is -0.0238. The maximum Gasteiger partial charge on any atom is 0.0781 e. The van der Waals surface area contributed by atoms with Crippen molar-refractivity contribution >= 4 is 0 Å². The zero-order valence-corrected chi connectivity index (χ0v) is 7.70. The first kappa shape index (κ1) is 9.96. The number of aliphatic hydroxyl groups is 1. The second-order valence-corrected chi connectivity index (χ2v) is 3.67. The van der Waals surface area contributed by atoms with Crippen LogP contribution in [0.1, 0.15) is 32.6 Å². The number of rotatable bonds is 3. The molecule has 1 saturated carbocycles. The van der Waals surface area contributed by atoms with Gasteiger partial charge in [-0.1, -0.05) is 0 Å². The summed E-state index contributed by atoms with van der Waals surface area (Å²) in [4.78, 5) is 0. The Bertz CT molecular complexity index is 122. The second kappa shape index (κ2) is 4.80. The third kappa shape index (κ3) is 3.09.